The van der Waals surface area contributed by atoms with Gasteiger partial charge in [-0.25, -0.2) is 0 Å². The molecule has 1 aliphatic rings. The fourth-order valence-corrected chi connectivity index (χ4v) is 3.66. The van der Waals surface area contributed by atoms with Crippen LogP contribution in [0.4, 0.5) is 0 Å². The summed E-state index contributed by atoms with van der Waals surface area (Å²) >= 11 is 5.33. The van der Waals surface area contributed by atoms with Crippen molar-refractivity contribution < 1.29 is 9.47 Å². The zero-order valence-corrected chi connectivity index (χ0v) is 17.7. The molecule has 0 radical (unpaired) electrons. The minimum Gasteiger partial charge on any atom is -0.493 e. The maximum atomic E-state index is 5.90. The van der Waals surface area contributed by atoms with Gasteiger partial charge in [-0.15, -0.1) is 0 Å². The standard InChI is InChI=1S/C23H29N3O2S/c1-27-22-16-19(17-24-26-23(29)25-20-10-6-3-7-11-20)12-13-21(22)28-15-14-18-8-4-2-5-9-18/h2,4-5,8-9,12-13,16-17,20H,3,6-7,10-11,14-15H2,1H3,(H2,25,26,29)/b24-17+. The summed E-state index contributed by atoms with van der Waals surface area (Å²) in [5.41, 5.74) is 5.06. The molecular weight excluding hydrogens is 382 g/mol. The van der Waals surface area contributed by atoms with E-state index in [1.54, 1.807) is 13.3 Å². The van der Waals surface area contributed by atoms with Crippen LogP contribution in [0.1, 0.15) is 43.2 Å². The summed E-state index contributed by atoms with van der Waals surface area (Å²) in [6, 6.07) is 16.5. The van der Waals surface area contributed by atoms with Crippen molar-refractivity contribution >= 4 is 23.5 Å². The van der Waals surface area contributed by atoms with Crippen molar-refractivity contribution in [1.29, 1.82) is 0 Å². The molecule has 0 saturated heterocycles. The van der Waals surface area contributed by atoms with Crippen LogP contribution >= 0.6 is 12.2 Å². The molecule has 0 amide bonds. The van der Waals surface area contributed by atoms with Crippen LogP contribution in [0, 0.1) is 0 Å². The van der Waals surface area contributed by atoms with Crippen LogP contribution in [0.2, 0.25) is 0 Å². The van der Waals surface area contributed by atoms with Gasteiger partial charge in [0.2, 0.25) is 0 Å². The van der Waals surface area contributed by atoms with E-state index in [0.29, 0.717) is 23.5 Å². The molecule has 2 aromatic carbocycles. The van der Waals surface area contributed by atoms with Gasteiger partial charge < -0.3 is 14.8 Å². The summed E-state index contributed by atoms with van der Waals surface area (Å²) < 4.78 is 11.4. The number of hydrazone groups is 1. The maximum Gasteiger partial charge on any atom is 0.187 e. The van der Waals surface area contributed by atoms with E-state index in [1.165, 1.54) is 37.7 Å². The smallest absolute Gasteiger partial charge is 0.187 e. The Morgan fingerprint density at radius 2 is 1.90 bits per heavy atom. The average molecular weight is 412 g/mol. The largest absolute Gasteiger partial charge is 0.493 e. The Morgan fingerprint density at radius 1 is 1.10 bits per heavy atom. The second-order valence-corrected chi connectivity index (χ2v) is 7.58. The molecule has 29 heavy (non-hydrogen) atoms. The minimum atomic E-state index is 0.464. The Balaban J connectivity index is 1.48. The fraction of sp³-hybridized carbons (Fsp3) is 0.391. The van der Waals surface area contributed by atoms with E-state index in [-0.39, 0.29) is 0 Å². The van der Waals surface area contributed by atoms with E-state index in [0.717, 1.165) is 17.7 Å². The average Bonchev–Trinajstić information content (AvgIpc) is 2.76. The lowest BCUT2D eigenvalue weighted by Crippen LogP contribution is -2.40. The summed E-state index contributed by atoms with van der Waals surface area (Å²) in [4.78, 5) is 0. The van der Waals surface area contributed by atoms with E-state index in [1.807, 2.05) is 36.4 Å². The number of hydrogen-bond donors (Lipinski definition) is 2. The monoisotopic (exact) mass is 411 g/mol. The quantitative estimate of drug-likeness (QED) is 0.382. The molecule has 1 fully saturated rings. The van der Waals surface area contributed by atoms with Crippen molar-refractivity contribution in [3.05, 3.63) is 59.7 Å². The molecule has 0 unspecified atom stereocenters. The van der Waals surface area contributed by atoms with Gasteiger partial charge in [0.15, 0.2) is 16.6 Å². The van der Waals surface area contributed by atoms with Crippen LogP contribution in [0.25, 0.3) is 0 Å². The molecule has 0 spiro atoms. The SMILES string of the molecule is COc1cc(/C=N/NC(=S)NC2CCCCC2)ccc1OCCc1ccccc1. The lowest BCUT2D eigenvalue weighted by atomic mass is 9.96. The number of ether oxygens (including phenoxy) is 2. The van der Waals surface area contributed by atoms with E-state index in [4.69, 9.17) is 21.7 Å². The number of nitrogens with one attached hydrogen (secondary N) is 2. The van der Waals surface area contributed by atoms with Crippen molar-refractivity contribution in [1.82, 2.24) is 10.7 Å². The predicted octanol–water partition coefficient (Wildman–Crippen LogP) is 4.45. The molecule has 3 rings (SSSR count). The molecule has 0 bridgehead atoms. The molecule has 2 aromatic rings. The number of nitrogens with zero attached hydrogens (tertiary/aromatic N) is 1. The Bertz CT molecular complexity index is 805. The van der Waals surface area contributed by atoms with Crippen molar-refractivity contribution in [2.45, 2.75) is 44.6 Å². The summed E-state index contributed by atoms with van der Waals surface area (Å²) in [7, 11) is 1.64. The molecule has 1 aliphatic carbocycles. The molecule has 6 heteroatoms. The third-order valence-electron chi connectivity index (χ3n) is 5.00. The first kappa shape index (κ1) is 21.1. The molecule has 154 valence electrons. The van der Waals surface area contributed by atoms with Gasteiger partial charge in [0, 0.05) is 12.5 Å². The van der Waals surface area contributed by atoms with Gasteiger partial charge in [-0.1, -0.05) is 49.6 Å². The number of thiocarbonyl (C=S) groups is 1. The summed E-state index contributed by atoms with van der Waals surface area (Å²) in [5.74, 6) is 1.41. The van der Waals surface area contributed by atoms with E-state index in [2.05, 4.69) is 28.0 Å². The van der Waals surface area contributed by atoms with Gasteiger partial charge in [-0.3, -0.25) is 5.43 Å². The highest BCUT2D eigenvalue weighted by Gasteiger charge is 2.13. The Hall–Kier alpha value is -2.60. The second kappa shape index (κ2) is 11.4. The van der Waals surface area contributed by atoms with Crippen molar-refractivity contribution in [3.8, 4) is 11.5 Å². The number of rotatable bonds is 8. The van der Waals surface area contributed by atoms with Gasteiger partial charge in [0.05, 0.1) is 19.9 Å². The third kappa shape index (κ3) is 7.06. The third-order valence-corrected chi connectivity index (χ3v) is 5.21. The first-order valence-electron chi connectivity index (χ1n) is 10.2. The Morgan fingerprint density at radius 3 is 2.66 bits per heavy atom. The Labute approximate surface area is 178 Å². The molecule has 5 nitrogen and oxygen atoms in total. The zero-order valence-electron chi connectivity index (χ0n) is 16.9. The summed E-state index contributed by atoms with van der Waals surface area (Å²) in [6.45, 7) is 0.594. The number of benzene rings is 2. The normalized spacial score (nSPS) is 14.5. The lowest BCUT2D eigenvalue weighted by molar-refractivity contribution is 0.297. The van der Waals surface area contributed by atoms with Gasteiger partial charge in [-0.05, 0) is 54.4 Å². The van der Waals surface area contributed by atoms with Gasteiger partial charge >= 0.3 is 0 Å². The summed E-state index contributed by atoms with van der Waals surface area (Å²) in [6.07, 6.45) is 8.78. The van der Waals surface area contributed by atoms with E-state index < -0.39 is 0 Å². The Kier molecular flexibility index (Phi) is 8.31. The predicted molar refractivity (Wildman–Crippen MR) is 122 cm³/mol. The number of methoxy groups -OCH3 is 1. The topological polar surface area (TPSA) is 54.9 Å². The van der Waals surface area contributed by atoms with Crippen LogP contribution in [-0.4, -0.2) is 31.1 Å². The molecule has 0 atom stereocenters. The molecule has 2 N–H and O–H groups in total. The molecule has 0 aromatic heterocycles. The first-order chi connectivity index (χ1) is 14.2. The van der Waals surface area contributed by atoms with Crippen LogP contribution in [0.5, 0.6) is 11.5 Å². The lowest BCUT2D eigenvalue weighted by Gasteiger charge is -2.23. The molecule has 0 aliphatic heterocycles. The van der Waals surface area contributed by atoms with Gasteiger partial charge in [0.1, 0.15) is 0 Å². The summed E-state index contributed by atoms with van der Waals surface area (Å²) in [5, 5.41) is 8.14. The maximum absolute atomic E-state index is 5.90. The van der Waals surface area contributed by atoms with E-state index in [9.17, 15) is 0 Å². The van der Waals surface area contributed by atoms with Gasteiger partial charge in [0.25, 0.3) is 0 Å². The highest BCUT2D eigenvalue weighted by atomic mass is 32.1. The first-order valence-corrected chi connectivity index (χ1v) is 10.6. The van der Waals surface area contributed by atoms with Crippen LogP contribution in [-0.2, 0) is 6.42 Å². The van der Waals surface area contributed by atoms with Crippen molar-refractivity contribution in [2.75, 3.05) is 13.7 Å². The highest BCUT2D eigenvalue weighted by Crippen LogP contribution is 2.27. The second-order valence-electron chi connectivity index (χ2n) is 7.17. The van der Waals surface area contributed by atoms with E-state index >= 15 is 0 Å². The van der Waals surface area contributed by atoms with Crippen molar-refractivity contribution in [2.24, 2.45) is 5.10 Å². The minimum absolute atomic E-state index is 0.464. The number of hydrogen-bond acceptors (Lipinski definition) is 4. The van der Waals surface area contributed by atoms with Crippen LogP contribution in [0.3, 0.4) is 0 Å². The fourth-order valence-electron chi connectivity index (χ4n) is 3.44. The molecule has 1 saturated carbocycles. The molecule has 0 heterocycles. The van der Waals surface area contributed by atoms with Crippen molar-refractivity contribution in [3.63, 3.8) is 0 Å². The van der Waals surface area contributed by atoms with Crippen LogP contribution in [0.15, 0.2) is 53.6 Å². The molecular formula is C23H29N3O2S. The van der Waals surface area contributed by atoms with Gasteiger partial charge in [-0.2, -0.15) is 5.10 Å². The van der Waals surface area contributed by atoms with Crippen LogP contribution < -0.4 is 20.2 Å². The zero-order chi connectivity index (χ0) is 20.3. The highest BCUT2D eigenvalue weighted by molar-refractivity contribution is 7.80.